The normalized spacial score (nSPS) is 11.4. The van der Waals surface area contributed by atoms with E-state index < -0.39 is 20.8 Å². The standard InChI is InChI=1S/C7H8.H2O7S2/c1-7-5-3-2-4-6-7;1-8(2,3)7-9(4,5)6/h2-6H,1H3;(H,1,2,3)(H,4,5,6). The van der Waals surface area contributed by atoms with Crippen molar-refractivity contribution in [3.8, 4) is 0 Å². The molecule has 1 aromatic carbocycles. The molecule has 0 aliphatic carbocycles. The topological polar surface area (TPSA) is 118 Å². The molecule has 0 radical (unpaired) electrons. The highest BCUT2D eigenvalue weighted by atomic mass is 32.3. The fourth-order valence-corrected chi connectivity index (χ4v) is 1.51. The second-order valence-electron chi connectivity index (χ2n) is 2.58. The number of hydrogen-bond acceptors (Lipinski definition) is 5. The molecular formula is C7H10O7S2. The Morgan fingerprint density at radius 1 is 0.938 bits per heavy atom. The number of aryl methyl sites for hydroxylation is 1. The summed E-state index contributed by atoms with van der Waals surface area (Å²) in [7, 11) is -10.2. The summed E-state index contributed by atoms with van der Waals surface area (Å²) in [6.07, 6.45) is 0. The van der Waals surface area contributed by atoms with E-state index >= 15 is 0 Å². The van der Waals surface area contributed by atoms with Gasteiger partial charge in [-0.05, 0) is 6.92 Å². The molecule has 0 atom stereocenters. The van der Waals surface area contributed by atoms with Crippen LogP contribution in [0, 0.1) is 6.92 Å². The zero-order valence-corrected chi connectivity index (χ0v) is 9.77. The van der Waals surface area contributed by atoms with E-state index in [9.17, 15) is 16.8 Å². The Hall–Kier alpha value is -1.00. The molecule has 0 unspecified atom stereocenters. The lowest BCUT2D eigenvalue weighted by molar-refractivity contribution is 0.344. The molecule has 0 bridgehead atoms. The van der Waals surface area contributed by atoms with Crippen molar-refractivity contribution in [2.45, 2.75) is 6.92 Å². The van der Waals surface area contributed by atoms with E-state index in [-0.39, 0.29) is 0 Å². The Morgan fingerprint density at radius 3 is 1.44 bits per heavy atom. The second kappa shape index (κ2) is 5.92. The smallest absolute Gasteiger partial charge is 0.263 e. The van der Waals surface area contributed by atoms with Crippen molar-refractivity contribution in [3.05, 3.63) is 35.9 Å². The van der Waals surface area contributed by atoms with Crippen molar-refractivity contribution < 1.29 is 29.6 Å². The van der Waals surface area contributed by atoms with E-state index in [0.717, 1.165) is 0 Å². The van der Waals surface area contributed by atoms with E-state index in [4.69, 9.17) is 9.11 Å². The lowest BCUT2D eigenvalue weighted by Gasteiger charge is -1.89. The van der Waals surface area contributed by atoms with Gasteiger partial charge in [0.25, 0.3) is 0 Å². The van der Waals surface area contributed by atoms with Crippen LogP contribution in [0.3, 0.4) is 0 Å². The Kier molecular flexibility index (Phi) is 5.55. The minimum Gasteiger partial charge on any atom is -0.263 e. The van der Waals surface area contributed by atoms with E-state index in [1.807, 2.05) is 18.2 Å². The van der Waals surface area contributed by atoms with Gasteiger partial charge in [0.2, 0.25) is 0 Å². The van der Waals surface area contributed by atoms with E-state index in [0.29, 0.717) is 0 Å². The molecule has 0 heterocycles. The lowest BCUT2D eigenvalue weighted by Crippen LogP contribution is -2.10. The van der Waals surface area contributed by atoms with Crippen LogP contribution >= 0.6 is 0 Å². The van der Waals surface area contributed by atoms with Gasteiger partial charge in [-0.1, -0.05) is 35.9 Å². The molecule has 92 valence electrons. The van der Waals surface area contributed by atoms with Crippen molar-refractivity contribution in [2.24, 2.45) is 0 Å². The van der Waals surface area contributed by atoms with Crippen LogP contribution in [0.25, 0.3) is 0 Å². The van der Waals surface area contributed by atoms with E-state index in [2.05, 4.69) is 22.7 Å². The molecule has 0 spiro atoms. The first-order chi connectivity index (χ1) is 7.10. The van der Waals surface area contributed by atoms with E-state index in [1.54, 1.807) is 0 Å². The SMILES string of the molecule is Cc1ccccc1.O=S(=O)(O)OS(=O)(=O)O. The predicted octanol–water partition coefficient (Wildman–Crippen LogP) is 0.604. The highest BCUT2D eigenvalue weighted by Gasteiger charge is 2.15. The minimum absolute atomic E-state index is 1.32. The third kappa shape index (κ3) is 11.1. The van der Waals surface area contributed by atoms with Gasteiger partial charge in [-0.25, -0.2) is 0 Å². The maximum atomic E-state index is 9.44. The van der Waals surface area contributed by atoms with Gasteiger partial charge in [-0.2, -0.15) is 16.8 Å². The Labute approximate surface area is 93.6 Å². The first kappa shape index (κ1) is 15.0. The van der Waals surface area contributed by atoms with Gasteiger partial charge in [0.05, 0.1) is 0 Å². The van der Waals surface area contributed by atoms with Crippen LogP contribution in [-0.4, -0.2) is 25.9 Å². The summed E-state index contributed by atoms with van der Waals surface area (Å²) < 4.78 is 55.6. The number of hydrogen-bond donors (Lipinski definition) is 2. The molecule has 0 aliphatic heterocycles. The second-order valence-corrected chi connectivity index (χ2v) is 4.83. The predicted molar refractivity (Wildman–Crippen MR) is 55.4 cm³/mol. The zero-order chi connectivity index (χ0) is 12.8. The largest absolute Gasteiger partial charge is 0.413 e. The zero-order valence-electron chi connectivity index (χ0n) is 8.14. The molecule has 0 amide bonds. The molecule has 1 rings (SSSR count). The number of rotatable bonds is 2. The van der Waals surface area contributed by atoms with Crippen LogP contribution in [0.1, 0.15) is 5.56 Å². The van der Waals surface area contributed by atoms with Crippen molar-refractivity contribution in [1.82, 2.24) is 0 Å². The highest BCUT2D eigenvalue weighted by Crippen LogP contribution is 1.92. The molecule has 0 aliphatic rings. The molecule has 16 heavy (non-hydrogen) atoms. The van der Waals surface area contributed by atoms with Crippen LogP contribution in [0.5, 0.6) is 0 Å². The van der Waals surface area contributed by atoms with Crippen molar-refractivity contribution in [3.63, 3.8) is 0 Å². The summed E-state index contributed by atoms with van der Waals surface area (Å²) in [5.41, 5.74) is 1.32. The summed E-state index contributed by atoms with van der Waals surface area (Å²) >= 11 is 0. The average Bonchev–Trinajstić information content (AvgIpc) is 1.99. The Morgan fingerprint density at radius 2 is 1.31 bits per heavy atom. The van der Waals surface area contributed by atoms with Crippen LogP contribution in [-0.2, 0) is 24.4 Å². The first-order valence-electron chi connectivity index (χ1n) is 3.78. The van der Waals surface area contributed by atoms with Gasteiger partial charge in [0.1, 0.15) is 0 Å². The van der Waals surface area contributed by atoms with E-state index in [1.165, 1.54) is 5.56 Å². The summed E-state index contributed by atoms with van der Waals surface area (Å²) in [6.45, 7) is 2.08. The van der Waals surface area contributed by atoms with Crippen LogP contribution in [0.15, 0.2) is 30.3 Å². The van der Waals surface area contributed by atoms with Gasteiger partial charge in [-0.3, -0.25) is 9.11 Å². The van der Waals surface area contributed by atoms with Crippen LogP contribution in [0.2, 0.25) is 0 Å². The molecular weight excluding hydrogens is 260 g/mol. The van der Waals surface area contributed by atoms with Crippen LogP contribution in [0.4, 0.5) is 0 Å². The van der Waals surface area contributed by atoms with Gasteiger partial charge >= 0.3 is 20.8 Å². The molecule has 7 nitrogen and oxygen atoms in total. The molecule has 9 heteroatoms. The molecule has 0 fully saturated rings. The minimum atomic E-state index is -5.12. The lowest BCUT2D eigenvalue weighted by atomic mass is 10.2. The van der Waals surface area contributed by atoms with Gasteiger partial charge < -0.3 is 0 Å². The Bertz CT molecular complexity index is 473. The van der Waals surface area contributed by atoms with Crippen molar-refractivity contribution in [2.75, 3.05) is 0 Å². The first-order valence-corrected chi connectivity index (χ1v) is 6.51. The molecule has 1 aromatic rings. The third-order valence-electron chi connectivity index (χ3n) is 1.11. The van der Waals surface area contributed by atoms with Gasteiger partial charge in [0.15, 0.2) is 0 Å². The summed E-state index contributed by atoms with van der Waals surface area (Å²) in [5.74, 6) is 0. The third-order valence-corrected chi connectivity index (χ3v) is 2.49. The van der Waals surface area contributed by atoms with Crippen LogP contribution < -0.4 is 0 Å². The van der Waals surface area contributed by atoms with Crippen molar-refractivity contribution >= 4 is 20.8 Å². The fourth-order valence-electron chi connectivity index (χ4n) is 0.643. The summed E-state index contributed by atoms with van der Waals surface area (Å²) in [5, 5.41) is 0. The average molecular weight is 270 g/mol. The quantitative estimate of drug-likeness (QED) is 0.755. The van der Waals surface area contributed by atoms with Gasteiger partial charge in [0, 0.05) is 0 Å². The summed E-state index contributed by atoms with van der Waals surface area (Å²) in [4.78, 5) is 0. The maximum Gasteiger partial charge on any atom is 0.413 e. The highest BCUT2D eigenvalue weighted by molar-refractivity contribution is 7.94. The van der Waals surface area contributed by atoms with Gasteiger partial charge in [-0.15, -0.1) is 3.63 Å². The molecule has 2 N–H and O–H groups in total. The molecule has 0 saturated carbocycles. The fraction of sp³-hybridized carbons (Fsp3) is 0.143. The molecule has 0 saturated heterocycles. The number of benzene rings is 1. The monoisotopic (exact) mass is 270 g/mol. The van der Waals surface area contributed by atoms with Crippen molar-refractivity contribution in [1.29, 1.82) is 0 Å². The Balaban J connectivity index is 0.000000288. The molecule has 0 aromatic heterocycles. The maximum absolute atomic E-state index is 9.44. The summed E-state index contributed by atoms with van der Waals surface area (Å²) in [6, 6.07) is 10.3.